The van der Waals surface area contributed by atoms with E-state index in [-0.39, 0.29) is 5.41 Å². The fourth-order valence-electron chi connectivity index (χ4n) is 2.18. The summed E-state index contributed by atoms with van der Waals surface area (Å²) in [5.41, 5.74) is 4.60. The van der Waals surface area contributed by atoms with Gasteiger partial charge in [-0.2, -0.15) is 0 Å². The number of hydrazine groups is 1. The van der Waals surface area contributed by atoms with Crippen molar-refractivity contribution in [2.75, 3.05) is 5.43 Å². The van der Waals surface area contributed by atoms with E-state index in [2.05, 4.69) is 48.7 Å². The number of aromatic nitrogens is 2. The first-order valence-corrected chi connectivity index (χ1v) is 7.70. The van der Waals surface area contributed by atoms with E-state index in [9.17, 15) is 0 Å². The summed E-state index contributed by atoms with van der Waals surface area (Å²) in [7, 11) is 0. The van der Waals surface area contributed by atoms with Crippen molar-refractivity contribution in [1.82, 2.24) is 9.97 Å². The van der Waals surface area contributed by atoms with E-state index in [1.54, 1.807) is 11.3 Å². The predicted octanol–water partition coefficient (Wildman–Crippen LogP) is 3.94. The zero-order chi connectivity index (χ0) is 15.0. The van der Waals surface area contributed by atoms with Gasteiger partial charge in [0.05, 0.1) is 5.69 Å². The maximum atomic E-state index is 5.56. The molecular weight excluding hydrogens is 280 g/mol. The molecule has 0 atom stereocenters. The molecule has 2 aromatic heterocycles. The standard InChI is InChI=1S/C16H18N4S/c1-16(2,3)13-8-14(20-17)19-15(18-13)11-9-21-12-7-5-4-6-10(11)12/h4-9H,17H2,1-3H3,(H,18,19,20). The molecule has 0 saturated heterocycles. The topological polar surface area (TPSA) is 63.8 Å². The molecule has 2 heterocycles. The van der Waals surface area contributed by atoms with E-state index in [1.165, 1.54) is 10.1 Å². The minimum absolute atomic E-state index is 0.0604. The number of nitrogen functional groups attached to an aromatic ring is 1. The van der Waals surface area contributed by atoms with Gasteiger partial charge in [0.15, 0.2) is 5.82 Å². The number of fused-ring (bicyclic) bond motifs is 1. The van der Waals surface area contributed by atoms with Crippen LogP contribution < -0.4 is 11.3 Å². The van der Waals surface area contributed by atoms with Crippen LogP contribution in [0.1, 0.15) is 26.5 Å². The molecular formula is C16H18N4S. The molecule has 3 N–H and O–H groups in total. The Hall–Kier alpha value is -1.98. The highest BCUT2D eigenvalue weighted by atomic mass is 32.1. The highest BCUT2D eigenvalue weighted by Crippen LogP contribution is 2.33. The second-order valence-electron chi connectivity index (χ2n) is 6.00. The number of thiophene rings is 1. The maximum Gasteiger partial charge on any atom is 0.163 e. The molecule has 5 heteroatoms. The van der Waals surface area contributed by atoms with Crippen LogP contribution in [0, 0.1) is 0 Å². The van der Waals surface area contributed by atoms with Crippen molar-refractivity contribution < 1.29 is 0 Å². The average molecular weight is 298 g/mol. The number of benzene rings is 1. The van der Waals surface area contributed by atoms with Gasteiger partial charge >= 0.3 is 0 Å². The van der Waals surface area contributed by atoms with Crippen molar-refractivity contribution in [2.45, 2.75) is 26.2 Å². The first kappa shape index (κ1) is 14.0. The Bertz CT molecular complexity index is 786. The van der Waals surface area contributed by atoms with Crippen molar-refractivity contribution in [1.29, 1.82) is 0 Å². The van der Waals surface area contributed by atoms with Crippen LogP contribution in [0.25, 0.3) is 21.5 Å². The Kier molecular flexibility index (Phi) is 3.39. The van der Waals surface area contributed by atoms with Gasteiger partial charge in [0.2, 0.25) is 0 Å². The average Bonchev–Trinajstić information content (AvgIpc) is 2.89. The Balaban J connectivity index is 2.22. The first-order chi connectivity index (χ1) is 9.99. The summed E-state index contributed by atoms with van der Waals surface area (Å²) in [6.45, 7) is 6.39. The fourth-order valence-corrected chi connectivity index (χ4v) is 3.12. The van der Waals surface area contributed by atoms with Gasteiger partial charge in [0.1, 0.15) is 5.82 Å². The van der Waals surface area contributed by atoms with Gasteiger partial charge in [0, 0.05) is 32.5 Å². The number of nitrogens with one attached hydrogen (secondary N) is 1. The summed E-state index contributed by atoms with van der Waals surface area (Å²) in [4.78, 5) is 9.26. The molecule has 4 nitrogen and oxygen atoms in total. The quantitative estimate of drug-likeness (QED) is 0.555. The Morgan fingerprint density at radius 2 is 1.90 bits per heavy atom. The van der Waals surface area contributed by atoms with Crippen LogP contribution in [0.4, 0.5) is 5.82 Å². The summed E-state index contributed by atoms with van der Waals surface area (Å²) < 4.78 is 1.24. The van der Waals surface area contributed by atoms with E-state index in [0.29, 0.717) is 11.6 Å². The molecule has 3 rings (SSSR count). The van der Waals surface area contributed by atoms with Crippen LogP contribution in [0.15, 0.2) is 35.7 Å². The van der Waals surface area contributed by atoms with E-state index in [4.69, 9.17) is 10.8 Å². The molecule has 0 bridgehead atoms. The van der Waals surface area contributed by atoms with Gasteiger partial charge in [-0.25, -0.2) is 15.8 Å². The van der Waals surface area contributed by atoms with Crippen LogP contribution in [0.5, 0.6) is 0 Å². The van der Waals surface area contributed by atoms with Crippen LogP contribution in [-0.4, -0.2) is 9.97 Å². The molecule has 108 valence electrons. The number of rotatable bonds is 2. The number of anilines is 1. The molecule has 0 saturated carbocycles. The summed E-state index contributed by atoms with van der Waals surface area (Å²) in [5, 5.41) is 3.28. The lowest BCUT2D eigenvalue weighted by molar-refractivity contribution is 0.568. The molecule has 1 aromatic carbocycles. The van der Waals surface area contributed by atoms with Crippen molar-refractivity contribution in [3.63, 3.8) is 0 Å². The highest BCUT2D eigenvalue weighted by Gasteiger charge is 2.19. The molecule has 0 spiro atoms. The molecule has 0 amide bonds. The van der Waals surface area contributed by atoms with E-state index in [1.807, 2.05) is 18.2 Å². The van der Waals surface area contributed by atoms with Crippen molar-refractivity contribution in [2.24, 2.45) is 5.84 Å². The fraction of sp³-hybridized carbons (Fsp3) is 0.250. The lowest BCUT2D eigenvalue weighted by Crippen LogP contribution is -2.17. The van der Waals surface area contributed by atoms with Gasteiger partial charge in [-0.3, -0.25) is 0 Å². The smallest absolute Gasteiger partial charge is 0.163 e. The third kappa shape index (κ3) is 2.62. The zero-order valence-corrected chi connectivity index (χ0v) is 13.2. The summed E-state index contributed by atoms with van der Waals surface area (Å²) in [6.07, 6.45) is 0. The van der Waals surface area contributed by atoms with Crippen molar-refractivity contribution in [3.8, 4) is 11.4 Å². The first-order valence-electron chi connectivity index (χ1n) is 6.82. The predicted molar refractivity (Wildman–Crippen MR) is 89.4 cm³/mol. The molecule has 0 fully saturated rings. The van der Waals surface area contributed by atoms with Crippen LogP contribution >= 0.6 is 11.3 Å². The molecule has 0 aliphatic rings. The molecule has 0 aliphatic heterocycles. The third-order valence-electron chi connectivity index (χ3n) is 3.36. The van der Waals surface area contributed by atoms with E-state index in [0.717, 1.165) is 11.3 Å². The summed E-state index contributed by atoms with van der Waals surface area (Å²) in [5.74, 6) is 6.91. The Morgan fingerprint density at radius 1 is 1.14 bits per heavy atom. The number of nitrogens with zero attached hydrogens (tertiary/aromatic N) is 2. The van der Waals surface area contributed by atoms with Gasteiger partial charge in [-0.1, -0.05) is 39.0 Å². The monoisotopic (exact) mass is 298 g/mol. The van der Waals surface area contributed by atoms with Gasteiger partial charge in [0.25, 0.3) is 0 Å². The van der Waals surface area contributed by atoms with E-state index < -0.39 is 0 Å². The molecule has 0 unspecified atom stereocenters. The SMILES string of the molecule is CC(C)(C)c1cc(NN)nc(-c2csc3ccccc23)n1. The second kappa shape index (κ2) is 5.09. The van der Waals surface area contributed by atoms with Crippen molar-refractivity contribution in [3.05, 3.63) is 41.4 Å². The van der Waals surface area contributed by atoms with Crippen LogP contribution in [0.2, 0.25) is 0 Å². The minimum Gasteiger partial charge on any atom is -0.308 e. The molecule has 21 heavy (non-hydrogen) atoms. The second-order valence-corrected chi connectivity index (χ2v) is 6.91. The molecule has 0 aliphatic carbocycles. The molecule has 0 radical (unpaired) electrons. The van der Waals surface area contributed by atoms with Crippen molar-refractivity contribution >= 4 is 27.2 Å². The number of hydrogen-bond donors (Lipinski definition) is 2. The number of hydrogen-bond acceptors (Lipinski definition) is 5. The summed E-state index contributed by atoms with van der Waals surface area (Å²) >= 11 is 1.70. The van der Waals surface area contributed by atoms with Gasteiger partial charge in [-0.15, -0.1) is 11.3 Å². The highest BCUT2D eigenvalue weighted by molar-refractivity contribution is 7.17. The number of nitrogens with two attached hydrogens (primary N) is 1. The maximum absolute atomic E-state index is 5.56. The lowest BCUT2D eigenvalue weighted by atomic mass is 9.92. The van der Waals surface area contributed by atoms with Crippen LogP contribution in [0.3, 0.4) is 0 Å². The van der Waals surface area contributed by atoms with Gasteiger partial charge < -0.3 is 5.43 Å². The Morgan fingerprint density at radius 3 is 2.62 bits per heavy atom. The third-order valence-corrected chi connectivity index (χ3v) is 4.33. The Labute approximate surface area is 128 Å². The zero-order valence-electron chi connectivity index (χ0n) is 12.3. The normalized spacial score (nSPS) is 11.8. The molecule has 3 aromatic rings. The lowest BCUT2D eigenvalue weighted by Gasteiger charge is -2.19. The van der Waals surface area contributed by atoms with E-state index >= 15 is 0 Å². The largest absolute Gasteiger partial charge is 0.308 e. The minimum atomic E-state index is -0.0604. The van der Waals surface area contributed by atoms with Crippen LogP contribution in [-0.2, 0) is 5.41 Å². The summed E-state index contributed by atoms with van der Waals surface area (Å²) in [6, 6.07) is 10.2. The van der Waals surface area contributed by atoms with Gasteiger partial charge in [-0.05, 0) is 6.07 Å².